The molecule has 0 amide bonds. The highest BCUT2D eigenvalue weighted by molar-refractivity contribution is 5.50. The van der Waals surface area contributed by atoms with Gasteiger partial charge in [0.2, 0.25) is 0 Å². The average Bonchev–Trinajstić information content (AvgIpc) is 2.72. The zero-order valence-electron chi connectivity index (χ0n) is 11.7. The molecule has 1 aromatic rings. The van der Waals surface area contributed by atoms with Crippen molar-refractivity contribution in [1.82, 2.24) is 5.32 Å². The van der Waals surface area contributed by atoms with Crippen molar-refractivity contribution < 1.29 is 22.6 Å². The van der Waals surface area contributed by atoms with Crippen molar-refractivity contribution >= 4 is 0 Å². The second-order valence-electron chi connectivity index (χ2n) is 4.87. The Balaban J connectivity index is 2.46. The van der Waals surface area contributed by atoms with E-state index in [1.165, 1.54) is 13.2 Å². The fourth-order valence-electron chi connectivity index (χ4n) is 2.46. The molecule has 20 heavy (non-hydrogen) atoms. The van der Waals surface area contributed by atoms with Crippen molar-refractivity contribution in [3.05, 3.63) is 23.3 Å². The Morgan fingerprint density at radius 1 is 1.45 bits per heavy atom. The molecule has 1 aliphatic heterocycles. The Bertz CT molecular complexity index is 488. The first-order chi connectivity index (χ1) is 9.36. The summed E-state index contributed by atoms with van der Waals surface area (Å²) in [6.45, 7) is 3.73. The number of nitrogens with one attached hydrogen (secondary N) is 1. The third-order valence-electron chi connectivity index (χ3n) is 3.29. The van der Waals surface area contributed by atoms with Gasteiger partial charge < -0.3 is 14.8 Å². The van der Waals surface area contributed by atoms with Gasteiger partial charge in [-0.05, 0) is 25.6 Å². The van der Waals surface area contributed by atoms with Gasteiger partial charge in [0.25, 0.3) is 0 Å². The van der Waals surface area contributed by atoms with E-state index in [0.29, 0.717) is 12.2 Å². The number of benzene rings is 1. The normalized spacial score (nSPS) is 19.4. The van der Waals surface area contributed by atoms with Crippen molar-refractivity contribution in [2.75, 3.05) is 13.7 Å². The van der Waals surface area contributed by atoms with Crippen LogP contribution in [0.25, 0.3) is 0 Å². The number of halogens is 3. The first-order valence-corrected chi connectivity index (χ1v) is 6.54. The van der Waals surface area contributed by atoms with Crippen LogP contribution in [0.4, 0.5) is 13.2 Å². The first-order valence-electron chi connectivity index (χ1n) is 6.54. The molecule has 2 unspecified atom stereocenters. The maximum Gasteiger partial charge on any atom is 0.408 e. The Hall–Kier alpha value is -1.43. The average molecular weight is 289 g/mol. The third kappa shape index (κ3) is 2.85. The van der Waals surface area contributed by atoms with Gasteiger partial charge in [-0.2, -0.15) is 13.2 Å². The van der Waals surface area contributed by atoms with Gasteiger partial charge in [0.05, 0.1) is 7.11 Å². The fraction of sp³-hybridized carbons (Fsp3) is 0.571. The second-order valence-corrected chi connectivity index (χ2v) is 4.87. The van der Waals surface area contributed by atoms with E-state index in [2.05, 4.69) is 5.32 Å². The summed E-state index contributed by atoms with van der Waals surface area (Å²) in [6, 6.07) is 1.33. The van der Waals surface area contributed by atoms with Crippen LogP contribution in [-0.4, -0.2) is 25.9 Å². The van der Waals surface area contributed by atoms with E-state index in [-0.39, 0.29) is 24.0 Å². The minimum Gasteiger partial charge on any atom is -0.496 e. The topological polar surface area (TPSA) is 30.5 Å². The van der Waals surface area contributed by atoms with Gasteiger partial charge in [-0.15, -0.1) is 0 Å². The number of methoxy groups -OCH3 is 1. The molecule has 112 valence electrons. The quantitative estimate of drug-likeness (QED) is 0.923. The molecule has 1 heterocycles. The van der Waals surface area contributed by atoms with Gasteiger partial charge in [0.1, 0.15) is 23.6 Å². The number of fused-ring (bicyclic) bond motifs is 1. The zero-order valence-corrected chi connectivity index (χ0v) is 11.7. The smallest absolute Gasteiger partial charge is 0.408 e. The lowest BCUT2D eigenvalue weighted by atomic mass is 10.0. The summed E-state index contributed by atoms with van der Waals surface area (Å²) in [5.41, 5.74) is 0.949. The maximum atomic E-state index is 13.2. The Morgan fingerprint density at radius 3 is 2.70 bits per heavy atom. The molecule has 3 nitrogen and oxygen atoms in total. The molecule has 2 rings (SSSR count). The lowest BCUT2D eigenvalue weighted by Crippen LogP contribution is -2.34. The first kappa shape index (κ1) is 15.0. The fourth-order valence-corrected chi connectivity index (χ4v) is 2.46. The maximum absolute atomic E-state index is 13.2. The van der Waals surface area contributed by atoms with Gasteiger partial charge in [-0.1, -0.05) is 6.92 Å². The number of ether oxygens (including phenoxy) is 2. The van der Waals surface area contributed by atoms with Crippen molar-refractivity contribution in [2.24, 2.45) is 0 Å². The van der Waals surface area contributed by atoms with Crippen LogP contribution < -0.4 is 14.8 Å². The molecule has 1 aromatic carbocycles. The molecule has 2 atom stereocenters. The highest BCUT2D eigenvalue weighted by Gasteiger charge is 2.42. The Labute approximate surface area is 116 Å². The van der Waals surface area contributed by atoms with Crippen LogP contribution in [0.3, 0.4) is 0 Å². The van der Waals surface area contributed by atoms with E-state index in [4.69, 9.17) is 9.47 Å². The molecule has 0 fully saturated rings. The highest BCUT2D eigenvalue weighted by atomic mass is 19.4. The van der Waals surface area contributed by atoms with Crippen molar-refractivity contribution in [3.8, 4) is 11.5 Å². The predicted molar refractivity (Wildman–Crippen MR) is 69.3 cm³/mol. The highest BCUT2D eigenvalue weighted by Crippen LogP contribution is 2.42. The van der Waals surface area contributed by atoms with Crippen molar-refractivity contribution in [2.45, 2.75) is 38.6 Å². The number of alkyl halides is 3. The van der Waals surface area contributed by atoms with E-state index < -0.39 is 12.2 Å². The summed E-state index contributed by atoms with van der Waals surface area (Å²) in [6.07, 6.45) is -3.72. The number of rotatable bonds is 4. The summed E-state index contributed by atoms with van der Waals surface area (Å²) in [5, 5.41) is 2.46. The second kappa shape index (κ2) is 5.52. The molecule has 1 aliphatic rings. The van der Waals surface area contributed by atoms with Gasteiger partial charge in [-0.3, -0.25) is 0 Å². The van der Waals surface area contributed by atoms with E-state index in [1.54, 1.807) is 13.0 Å². The van der Waals surface area contributed by atoms with E-state index in [0.717, 1.165) is 5.56 Å². The molecule has 1 N–H and O–H groups in total. The molecule has 0 aliphatic carbocycles. The van der Waals surface area contributed by atoms with Crippen LogP contribution in [0, 0.1) is 0 Å². The third-order valence-corrected chi connectivity index (χ3v) is 3.29. The van der Waals surface area contributed by atoms with E-state index >= 15 is 0 Å². The van der Waals surface area contributed by atoms with Crippen LogP contribution in [0.2, 0.25) is 0 Å². The van der Waals surface area contributed by atoms with E-state index in [9.17, 15) is 13.2 Å². The Morgan fingerprint density at radius 2 is 2.15 bits per heavy atom. The van der Waals surface area contributed by atoms with Crippen molar-refractivity contribution in [1.29, 1.82) is 0 Å². The lowest BCUT2D eigenvalue weighted by Gasteiger charge is -2.23. The largest absolute Gasteiger partial charge is 0.496 e. The molecule has 0 bridgehead atoms. The van der Waals surface area contributed by atoms with Crippen LogP contribution in [-0.2, 0) is 6.42 Å². The molecule has 0 saturated heterocycles. The molecular formula is C14H18F3NO2. The summed E-state index contributed by atoms with van der Waals surface area (Å²) in [5.74, 6) is 0.755. The van der Waals surface area contributed by atoms with Crippen LogP contribution in [0.1, 0.15) is 31.0 Å². The van der Waals surface area contributed by atoms with Crippen LogP contribution >= 0.6 is 0 Å². The summed E-state index contributed by atoms with van der Waals surface area (Å²) < 4.78 is 50.2. The Kier molecular flexibility index (Phi) is 4.13. The molecule has 0 radical (unpaired) electrons. The summed E-state index contributed by atoms with van der Waals surface area (Å²) in [7, 11) is 1.38. The van der Waals surface area contributed by atoms with Gasteiger partial charge in [0.15, 0.2) is 0 Å². The number of hydrogen-bond acceptors (Lipinski definition) is 3. The zero-order chi connectivity index (χ0) is 14.9. The monoisotopic (exact) mass is 289 g/mol. The molecule has 0 saturated carbocycles. The summed E-state index contributed by atoms with van der Waals surface area (Å²) >= 11 is 0. The predicted octanol–water partition coefficient (Wildman–Crippen LogP) is 3.23. The minimum absolute atomic E-state index is 0.0200. The SMILES string of the molecule is CCNC(c1cc2c(cc1OC)CC(C)O2)C(F)(F)F. The van der Waals surface area contributed by atoms with Gasteiger partial charge in [0, 0.05) is 17.5 Å². The van der Waals surface area contributed by atoms with Crippen LogP contribution in [0.15, 0.2) is 12.1 Å². The molecular weight excluding hydrogens is 271 g/mol. The minimum atomic E-state index is -4.39. The van der Waals surface area contributed by atoms with Crippen LogP contribution in [0.5, 0.6) is 11.5 Å². The molecule has 0 spiro atoms. The van der Waals surface area contributed by atoms with Crippen molar-refractivity contribution in [3.63, 3.8) is 0 Å². The molecule has 6 heteroatoms. The number of hydrogen-bond donors (Lipinski definition) is 1. The van der Waals surface area contributed by atoms with Gasteiger partial charge >= 0.3 is 6.18 Å². The lowest BCUT2D eigenvalue weighted by molar-refractivity contribution is -0.157. The summed E-state index contributed by atoms with van der Waals surface area (Å²) in [4.78, 5) is 0. The van der Waals surface area contributed by atoms with Gasteiger partial charge in [-0.25, -0.2) is 0 Å². The van der Waals surface area contributed by atoms with E-state index in [1.807, 2.05) is 6.92 Å². The standard InChI is InChI=1S/C14H18F3NO2/c1-4-18-13(14(15,16)17)10-7-11-9(5-8(2)20-11)6-12(10)19-3/h6-8,13,18H,4-5H2,1-3H3. The molecule has 0 aromatic heterocycles.